The summed E-state index contributed by atoms with van der Waals surface area (Å²) in [5.74, 6) is 1.71. The Morgan fingerprint density at radius 1 is 1.13 bits per heavy atom. The number of hydrogen-bond donors (Lipinski definition) is 0. The fourth-order valence-corrected chi connectivity index (χ4v) is 2.15. The second-order valence-corrected chi connectivity index (χ2v) is 4.43. The monoisotopic (exact) mass is 264 g/mol. The second kappa shape index (κ2) is 3.45. The molecule has 0 bridgehead atoms. The van der Waals surface area contributed by atoms with E-state index in [2.05, 4.69) is 50.4 Å². The van der Waals surface area contributed by atoms with Gasteiger partial charge in [-0.3, -0.25) is 0 Å². The van der Waals surface area contributed by atoms with Gasteiger partial charge >= 0.3 is 0 Å². The molecule has 0 saturated heterocycles. The fraction of sp³-hybridized carbons (Fsp3) is 0.273. The fourth-order valence-electron chi connectivity index (χ4n) is 1.90. The first-order valence-electron chi connectivity index (χ1n) is 4.88. The number of rotatable bonds is 2. The summed E-state index contributed by atoms with van der Waals surface area (Å²) in [6, 6.07) is 10.5. The smallest absolute Gasteiger partial charge is 0.284 e. The first-order valence-corrected chi connectivity index (χ1v) is 5.68. The van der Waals surface area contributed by atoms with Gasteiger partial charge in [0.25, 0.3) is 4.80 Å². The Balaban J connectivity index is 1.80. The van der Waals surface area contributed by atoms with Crippen LogP contribution in [0.15, 0.2) is 39.5 Å². The third kappa shape index (κ3) is 1.69. The second-order valence-electron chi connectivity index (χ2n) is 3.75. The van der Waals surface area contributed by atoms with Crippen LogP contribution in [0.2, 0.25) is 0 Å². The Morgan fingerprint density at radius 2 is 1.93 bits per heavy atom. The molecule has 0 spiro atoms. The molecule has 76 valence electrons. The Bertz CT molecular complexity index is 468. The summed E-state index contributed by atoms with van der Waals surface area (Å²) in [5.41, 5.74) is 1.36. The van der Waals surface area contributed by atoms with Gasteiger partial charge in [-0.05, 0) is 17.9 Å². The SMILES string of the molecule is Brc1nnc(C2CC2c2ccccc2)o1. The van der Waals surface area contributed by atoms with Gasteiger partial charge in [-0.1, -0.05) is 30.3 Å². The number of nitrogens with zero attached hydrogens (tertiary/aromatic N) is 2. The zero-order chi connectivity index (χ0) is 10.3. The van der Waals surface area contributed by atoms with Crippen molar-refractivity contribution < 1.29 is 4.42 Å². The molecule has 1 aliphatic carbocycles. The number of halogens is 1. The topological polar surface area (TPSA) is 38.9 Å². The highest BCUT2D eigenvalue weighted by Gasteiger charge is 2.43. The molecule has 1 fully saturated rings. The third-order valence-corrected chi connectivity index (χ3v) is 3.07. The van der Waals surface area contributed by atoms with Crippen LogP contribution >= 0.6 is 15.9 Å². The molecule has 0 radical (unpaired) electrons. The summed E-state index contributed by atoms with van der Waals surface area (Å²) in [5, 5.41) is 7.80. The van der Waals surface area contributed by atoms with Crippen LogP contribution in [0.1, 0.15) is 29.7 Å². The van der Waals surface area contributed by atoms with Crippen molar-refractivity contribution in [2.45, 2.75) is 18.3 Å². The number of hydrogen-bond acceptors (Lipinski definition) is 3. The van der Waals surface area contributed by atoms with E-state index in [1.807, 2.05) is 6.07 Å². The van der Waals surface area contributed by atoms with E-state index in [-0.39, 0.29) is 0 Å². The van der Waals surface area contributed by atoms with Gasteiger partial charge in [-0.15, -0.1) is 10.2 Å². The molecule has 1 saturated carbocycles. The van der Waals surface area contributed by atoms with Gasteiger partial charge in [0.05, 0.1) is 0 Å². The Kier molecular flexibility index (Phi) is 2.09. The van der Waals surface area contributed by atoms with Crippen LogP contribution in [0.5, 0.6) is 0 Å². The molecule has 1 aromatic carbocycles. The molecule has 2 unspecified atom stereocenters. The van der Waals surface area contributed by atoms with E-state index in [1.54, 1.807) is 0 Å². The van der Waals surface area contributed by atoms with Crippen LogP contribution in [0.25, 0.3) is 0 Å². The van der Waals surface area contributed by atoms with Gasteiger partial charge in [0.15, 0.2) is 0 Å². The van der Waals surface area contributed by atoms with Crippen LogP contribution < -0.4 is 0 Å². The van der Waals surface area contributed by atoms with Crippen molar-refractivity contribution in [3.63, 3.8) is 0 Å². The Morgan fingerprint density at radius 3 is 2.60 bits per heavy atom. The minimum atomic E-state index is 0.409. The minimum Gasteiger partial charge on any atom is -0.415 e. The van der Waals surface area contributed by atoms with Gasteiger partial charge in [0, 0.05) is 21.8 Å². The highest BCUT2D eigenvalue weighted by molar-refractivity contribution is 9.10. The average molecular weight is 265 g/mol. The molecule has 1 heterocycles. The van der Waals surface area contributed by atoms with E-state index in [0.29, 0.717) is 16.6 Å². The maximum absolute atomic E-state index is 5.35. The molecule has 2 atom stereocenters. The van der Waals surface area contributed by atoms with E-state index < -0.39 is 0 Å². The summed E-state index contributed by atoms with van der Waals surface area (Å²) in [6.45, 7) is 0. The first kappa shape index (κ1) is 9.09. The Hall–Kier alpha value is -1.16. The van der Waals surface area contributed by atoms with Gasteiger partial charge in [0.1, 0.15) is 0 Å². The van der Waals surface area contributed by atoms with Gasteiger partial charge in [-0.25, -0.2) is 0 Å². The van der Waals surface area contributed by atoms with Crippen LogP contribution in [0.4, 0.5) is 0 Å². The molecule has 4 heteroatoms. The molecule has 0 amide bonds. The number of benzene rings is 1. The van der Waals surface area contributed by atoms with Crippen LogP contribution in [-0.4, -0.2) is 10.2 Å². The molecular formula is C11H9BrN2O. The normalized spacial score (nSPS) is 24.1. The zero-order valence-corrected chi connectivity index (χ0v) is 9.52. The maximum atomic E-state index is 5.35. The highest BCUT2D eigenvalue weighted by atomic mass is 79.9. The summed E-state index contributed by atoms with van der Waals surface area (Å²) in [7, 11) is 0. The summed E-state index contributed by atoms with van der Waals surface area (Å²) in [4.78, 5) is 0.469. The lowest BCUT2D eigenvalue weighted by molar-refractivity contribution is 0.471. The molecule has 1 aliphatic rings. The van der Waals surface area contributed by atoms with Gasteiger partial charge in [-0.2, -0.15) is 0 Å². The van der Waals surface area contributed by atoms with Gasteiger partial charge in [0.2, 0.25) is 5.89 Å². The van der Waals surface area contributed by atoms with Crippen LogP contribution in [0.3, 0.4) is 0 Å². The van der Waals surface area contributed by atoms with Crippen molar-refractivity contribution >= 4 is 15.9 Å². The van der Waals surface area contributed by atoms with Gasteiger partial charge < -0.3 is 4.42 Å². The zero-order valence-electron chi connectivity index (χ0n) is 7.93. The summed E-state index contributed by atoms with van der Waals surface area (Å²) < 4.78 is 5.35. The highest BCUT2D eigenvalue weighted by Crippen LogP contribution is 2.54. The van der Waals surface area contributed by atoms with E-state index in [4.69, 9.17) is 4.42 Å². The van der Waals surface area contributed by atoms with Crippen molar-refractivity contribution in [3.8, 4) is 0 Å². The maximum Gasteiger partial charge on any atom is 0.284 e. The first-order chi connectivity index (χ1) is 7.34. The van der Waals surface area contributed by atoms with E-state index >= 15 is 0 Å². The lowest BCUT2D eigenvalue weighted by atomic mass is 10.1. The molecule has 3 rings (SSSR count). The minimum absolute atomic E-state index is 0.409. The van der Waals surface area contributed by atoms with Crippen LogP contribution in [-0.2, 0) is 0 Å². The summed E-state index contributed by atoms with van der Waals surface area (Å²) in [6.07, 6.45) is 1.11. The van der Waals surface area contributed by atoms with Crippen LogP contribution in [0, 0.1) is 0 Å². The Labute approximate surface area is 95.6 Å². The molecule has 0 N–H and O–H groups in total. The largest absolute Gasteiger partial charge is 0.415 e. The molecular weight excluding hydrogens is 256 g/mol. The molecule has 2 aromatic rings. The van der Waals surface area contributed by atoms with E-state index in [0.717, 1.165) is 12.3 Å². The van der Waals surface area contributed by atoms with Crippen molar-refractivity contribution in [1.29, 1.82) is 0 Å². The summed E-state index contributed by atoms with van der Waals surface area (Å²) >= 11 is 3.16. The lowest BCUT2D eigenvalue weighted by Crippen LogP contribution is -1.84. The predicted molar refractivity (Wildman–Crippen MR) is 58.5 cm³/mol. The third-order valence-electron chi connectivity index (χ3n) is 2.75. The molecule has 1 aromatic heterocycles. The van der Waals surface area contributed by atoms with Crippen molar-refractivity contribution in [2.75, 3.05) is 0 Å². The lowest BCUT2D eigenvalue weighted by Gasteiger charge is -1.96. The molecule has 15 heavy (non-hydrogen) atoms. The molecule has 0 aliphatic heterocycles. The van der Waals surface area contributed by atoms with Crippen molar-refractivity contribution in [1.82, 2.24) is 10.2 Å². The standard InChI is InChI=1S/C11H9BrN2O/c12-11-14-13-10(15-11)9-6-8(9)7-4-2-1-3-5-7/h1-5,8-9H,6H2. The predicted octanol–water partition coefficient (Wildman–Crippen LogP) is 3.10. The quantitative estimate of drug-likeness (QED) is 0.837. The van der Waals surface area contributed by atoms with E-state index in [1.165, 1.54) is 5.56 Å². The van der Waals surface area contributed by atoms with Crippen molar-refractivity contribution in [3.05, 3.63) is 46.6 Å². The average Bonchev–Trinajstić information content (AvgIpc) is 2.96. The van der Waals surface area contributed by atoms with Crippen molar-refractivity contribution in [2.24, 2.45) is 0 Å². The van der Waals surface area contributed by atoms with E-state index in [9.17, 15) is 0 Å². The molecule has 3 nitrogen and oxygen atoms in total. The number of aromatic nitrogens is 2.